The molecule has 1 aromatic heterocycles. The van der Waals surface area contributed by atoms with Crippen LogP contribution in [0.3, 0.4) is 0 Å². The molecule has 31 heavy (non-hydrogen) atoms. The number of carbonyl (C=O) groups excluding carboxylic acids is 3. The van der Waals surface area contributed by atoms with E-state index in [1.165, 1.54) is 12.5 Å². The topological polar surface area (TPSA) is 231 Å². The smallest absolute Gasteiger partial charge is 0.327 e. The molecule has 0 fully saturated rings. The van der Waals surface area contributed by atoms with E-state index in [4.69, 9.17) is 16.6 Å². The molecule has 0 bridgehead atoms. The summed E-state index contributed by atoms with van der Waals surface area (Å²) in [6.07, 6.45) is 2.58. The van der Waals surface area contributed by atoms with Gasteiger partial charge in [0.1, 0.15) is 18.1 Å². The highest BCUT2D eigenvalue weighted by Crippen LogP contribution is 2.12. The zero-order chi connectivity index (χ0) is 23.4. The zero-order valence-electron chi connectivity index (χ0n) is 16.6. The first-order valence-electron chi connectivity index (χ1n) is 9.27. The maximum atomic E-state index is 12.6. The van der Waals surface area contributed by atoms with Crippen molar-refractivity contribution in [3.05, 3.63) is 18.2 Å². The van der Waals surface area contributed by atoms with E-state index in [1.807, 2.05) is 0 Å². The van der Waals surface area contributed by atoms with Crippen LogP contribution in [0.1, 0.15) is 25.0 Å². The van der Waals surface area contributed by atoms with Gasteiger partial charge in [0.15, 0.2) is 0 Å². The molecule has 0 aromatic carbocycles. The first-order chi connectivity index (χ1) is 14.6. The first kappa shape index (κ1) is 26.1. The van der Waals surface area contributed by atoms with Crippen molar-refractivity contribution in [1.29, 1.82) is 0 Å². The van der Waals surface area contributed by atoms with Crippen molar-refractivity contribution in [2.45, 2.75) is 43.8 Å². The number of imidazole rings is 1. The van der Waals surface area contributed by atoms with Gasteiger partial charge in [-0.2, -0.15) is 0 Å². The summed E-state index contributed by atoms with van der Waals surface area (Å²) in [5, 5.41) is 22.3. The molecule has 0 saturated heterocycles. The Morgan fingerprint density at radius 2 is 1.71 bits per heavy atom. The number of amides is 2. The summed E-state index contributed by atoms with van der Waals surface area (Å²) < 4.78 is 0. The molecule has 0 aliphatic rings. The largest absolute Gasteiger partial charge is 0.480 e. The molecule has 0 radical (unpaired) electrons. The van der Waals surface area contributed by atoms with E-state index < -0.39 is 47.0 Å². The second-order valence-corrected chi connectivity index (χ2v) is 7.54. The second-order valence-electron chi connectivity index (χ2n) is 6.51. The SMILES string of the molecule is NCCC(=O)NC(Cc1cnc[nH]1)C(=O)SCC(NC(=O)CCC(N)C(=O)O)C(=O)O. The monoisotopic (exact) mass is 458 g/mol. The number of hydrogen-bond donors (Lipinski definition) is 7. The maximum absolute atomic E-state index is 12.6. The summed E-state index contributed by atoms with van der Waals surface area (Å²) in [5.74, 6) is -4.07. The Bertz CT molecular complexity index is 773. The van der Waals surface area contributed by atoms with Crippen molar-refractivity contribution in [2.75, 3.05) is 12.3 Å². The lowest BCUT2D eigenvalue weighted by atomic mass is 10.1. The fourth-order valence-corrected chi connectivity index (χ4v) is 3.22. The number of H-pyrrole nitrogens is 1. The Morgan fingerprint density at radius 3 is 2.26 bits per heavy atom. The summed E-state index contributed by atoms with van der Waals surface area (Å²) >= 11 is 0.641. The minimum atomic E-state index is -1.39. The van der Waals surface area contributed by atoms with E-state index >= 15 is 0 Å². The Balaban J connectivity index is 2.67. The number of aromatic amines is 1. The van der Waals surface area contributed by atoms with Crippen LogP contribution in [-0.2, 0) is 30.4 Å². The van der Waals surface area contributed by atoms with Crippen molar-refractivity contribution < 1.29 is 34.2 Å². The van der Waals surface area contributed by atoms with Crippen molar-refractivity contribution in [1.82, 2.24) is 20.6 Å². The summed E-state index contributed by atoms with van der Waals surface area (Å²) in [6.45, 7) is 0.0998. The minimum Gasteiger partial charge on any atom is -0.480 e. The Morgan fingerprint density at radius 1 is 1.06 bits per heavy atom. The molecule has 1 aromatic rings. The predicted molar refractivity (Wildman–Crippen MR) is 110 cm³/mol. The highest BCUT2D eigenvalue weighted by molar-refractivity contribution is 8.13. The van der Waals surface area contributed by atoms with E-state index in [-0.39, 0.29) is 38.0 Å². The van der Waals surface area contributed by atoms with E-state index in [2.05, 4.69) is 20.6 Å². The Kier molecular flexibility index (Phi) is 11.2. The number of hydrogen-bond acceptors (Lipinski definition) is 9. The normalized spacial score (nSPS) is 13.6. The number of aliphatic carboxylic acids is 2. The summed E-state index contributed by atoms with van der Waals surface area (Å²) in [5.41, 5.74) is 11.2. The molecule has 13 nitrogen and oxygen atoms in total. The minimum absolute atomic E-state index is 0.0176. The van der Waals surface area contributed by atoms with Gasteiger partial charge in [-0.3, -0.25) is 19.2 Å². The molecule has 0 spiro atoms. The number of carboxylic acid groups (broad SMARTS) is 2. The van der Waals surface area contributed by atoms with Crippen LogP contribution in [0.5, 0.6) is 0 Å². The van der Waals surface area contributed by atoms with E-state index in [1.54, 1.807) is 0 Å². The second kappa shape index (κ2) is 13.4. The van der Waals surface area contributed by atoms with Gasteiger partial charge in [-0.1, -0.05) is 11.8 Å². The van der Waals surface area contributed by atoms with E-state index in [0.29, 0.717) is 17.5 Å². The standard InChI is InChI=1S/C17H26N6O7S/c18-4-3-14(25)22-11(5-9-6-20-8-21-9)17(30)31-7-12(16(28)29)23-13(24)2-1-10(19)15(26)27/h6,8,10-12H,1-5,7,18-19H2,(H,20,21)(H,22,25)(H,23,24)(H,26,27)(H,28,29). The van der Waals surface area contributed by atoms with Crippen LogP contribution < -0.4 is 22.1 Å². The predicted octanol–water partition coefficient (Wildman–Crippen LogP) is -2.19. The van der Waals surface area contributed by atoms with E-state index in [0.717, 1.165) is 0 Å². The number of nitrogens with zero attached hydrogens (tertiary/aromatic N) is 1. The lowest BCUT2D eigenvalue weighted by molar-refractivity contribution is -0.141. The quantitative estimate of drug-likeness (QED) is 0.158. The van der Waals surface area contributed by atoms with Crippen LogP contribution in [0.15, 0.2) is 12.5 Å². The van der Waals surface area contributed by atoms with Gasteiger partial charge in [0.2, 0.25) is 16.9 Å². The average Bonchev–Trinajstić information content (AvgIpc) is 3.21. The van der Waals surface area contributed by atoms with Gasteiger partial charge < -0.3 is 37.3 Å². The number of rotatable bonds is 14. The number of nitrogens with one attached hydrogen (secondary N) is 3. The van der Waals surface area contributed by atoms with Gasteiger partial charge in [-0.25, -0.2) is 9.78 Å². The molecule has 2 amide bonds. The third-order valence-corrected chi connectivity index (χ3v) is 5.06. The average molecular weight is 458 g/mol. The third-order valence-electron chi connectivity index (χ3n) is 4.00. The van der Waals surface area contributed by atoms with Crippen LogP contribution >= 0.6 is 11.8 Å². The van der Waals surface area contributed by atoms with Crippen LogP contribution in [-0.4, -0.2) is 79.5 Å². The lowest BCUT2D eigenvalue weighted by Crippen LogP contribution is -2.45. The number of carbonyl (C=O) groups is 5. The van der Waals surface area contributed by atoms with Gasteiger partial charge >= 0.3 is 11.9 Å². The molecule has 9 N–H and O–H groups in total. The molecule has 1 heterocycles. The van der Waals surface area contributed by atoms with Gasteiger partial charge in [0, 0.05) is 43.5 Å². The third kappa shape index (κ3) is 10.1. The molecule has 3 atom stereocenters. The van der Waals surface area contributed by atoms with E-state index in [9.17, 15) is 29.1 Å². The first-order valence-corrected chi connectivity index (χ1v) is 10.3. The van der Waals surface area contributed by atoms with Crippen molar-refractivity contribution in [3.8, 4) is 0 Å². The summed E-state index contributed by atoms with van der Waals surface area (Å²) in [7, 11) is 0. The fraction of sp³-hybridized carbons (Fsp3) is 0.529. The summed E-state index contributed by atoms with van der Waals surface area (Å²) in [6, 6.07) is -3.59. The highest BCUT2D eigenvalue weighted by Gasteiger charge is 2.26. The number of nitrogens with two attached hydrogens (primary N) is 2. The highest BCUT2D eigenvalue weighted by atomic mass is 32.2. The van der Waals surface area contributed by atoms with Crippen LogP contribution in [0, 0.1) is 0 Å². The Labute approximate surface area is 181 Å². The lowest BCUT2D eigenvalue weighted by Gasteiger charge is -2.18. The zero-order valence-corrected chi connectivity index (χ0v) is 17.4. The number of carboxylic acids is 2. The molecule has 172 valence electrons. The summed E-state index contributed by atoms with van der Waals surface area (Å²) in [4.78, 5) is 65.1. The van der Waals surface area contributed by atoms with Gasteiger partial charge in [0.05, 0.1) is 6.33 Å². The molecule has 3 unspecified atom stereocenters. The van der Waals surface area contributed by atoms with Gasteiger partial charge in [0.25, 0.3) is 0 Å². The van der Waals surface area contributed by atoms with Crippen molar-refractivity contribution in [2.24, 2.45) is 11.5 Å². The van der Waals surface area contributed by atoms with Gasteiger partial charge in [-0.05, 0) is 6.42 Å². The molecule has 1 rings (SSSR count). The van der Waals surface area contributed by atoms with Crippen LogP contribution in [0.2, 0.25) is 0 Å². The van der Waals surface area contributed by atoms with Crippen molar-refractivity contribution in [3.63, 3.8) is 0 Å². The molecule has 0 saturated carbocycles. The molecular weight excluding hydrogens is 432 g/mol. The molecule has 0 aliphatic heterocycles. The van der Waals surface area contributed by atoms with Gasteiger partial charge in [-0.15, -0.1) is 0 Å². The molecule has 0 aliphatic carbocycles. The molecular formula is C17H26N6O7S. The maximum Gasteiger partial charge on any atom is 0.327 e. The number of thioether (sulfide) groups is 1. The number of aromatic nitrogens is 2. The van der Waals surface area contributed by atoms with Crippen molar-refractivity contribution >= 4 is 40.6 Å². The van der Waals surface area contributed by atoms with Crippen LogP contribution in [0.4, 0.5) is 0 Å². The van der Waals surface area contributed by atoms with Crippen LogP contribution in [0.25, 0.3) is 0 Å². The Hall–Kier alpha value is -2.97. The fourth-order valence-electron chi connectivity index (χ4n) is 2.32. The molecule has 14 heteroatoms.